The fraction of sp³-hybridized carbons (Fsp3) is 0.429. The third-order valence-electron chi connectivity index (χ3n) is 4.09. The van der Waals surface area contributed by atoms with Crippen LogP contribution in [0.3, 0.4) is 0 Å². The lowest BCUT2D eigenvalue weighted by atomic mass is 9.63. The maximum absolute atomic E-state index is 11.2. The second-order valence-electron chi connectivity index (χ2n) is 5.11. The maximum atomic E-state index is 11.2. The minimum Gasteiger partial charge on any atom is -0.408 e. The van der Waals surface area contributed by atoms with E-state index in [2.05, 4.69) is 16.4 Å². The number of nitrogens with one attached hydrogen (secondary N) is 2. The second kappa shape index (κ2) is 4.25. The molecule has 1 heterocycles. The maximum Gasteiger partial charge on any atom is 0.417 e. The van der Waals surface area contributed by atoms with E-state index in [1.165, 1.54) is 0 Å². The molecule has 1 aliphatic rings. The van der Waals surface area contributed by atoms with E-state index in [4.69, 9.17) is 4.42 Å². The number of fused-ring (bicyclic) bond motifs is 1. The Morgan fingerprint density at radius 1 is 1.53 bits per heavy atom. The van der Waals surface area contributed by atoms with Gasteiger partial charge in [0.1, 0.15) is 0 Å². The molecule has 1 fully saturated rings. The van der Waals surface area contributed by atoms with Crippen LogP contribution in [0.2, 0.25) is 0 Å². The van der Waals surface area contributed by atoms with Crippen molar-refractivity contribution in [1.82, 2.24) is 10.3 Å². The molecule has 1 aromatic carbocycles. The first-order valence-electron chi connectivity index (χ1n) is 6.40. The summed E-state index contributed by atoms with van der Waals surface area (Å²) in [5.41, 5.74) is 1.90. The first kappa shape index (κ1) is 12.0. The van der Waals surface area contributed by atoms with Crippen molar-refractivity contribution in [2.24, 2.45) is 5.41 Å². The number of oxazole rings is 1. The molecular formula is C14H15N3O2. The summed E-state index contributed by atoms with van der Waals surface area (Å²) in [6.45, 7) is 0. The average Bonchev–Trinajstić information content (AvgIpc) is 2.72. The summed E-state index contributed by atoms with van der Waals surface area (Å²) in [4.78, 5) is 13.8. The molecule has 0 aliphatic heterocycles. The van der Waals surface area contributed by atoms with Crippen molar-refractivity contribution in [2.45, 2.75) is 25.3 Å². The van der Waals surface area contributed by atoms with Crippen LogP contribution in [0, 0.1) is 16.7 Å². The van der Waals surface area contributed by atoms with Gasteiger partial charge in [-0.3, -0.25) is 4.98 Å². The molecule has 1 saturated carbocycles. The van der Waals surface area contributed by atoms with Crippen LogP contribution < -0.4 is 11.1 Å². The molecule has 2 aromatic rings. The Balaban J connectivity index is 2.06. The van der Waals surface area contributed by atoms with Crippen molar-refractivity contribution in [3.8, 4) is 6.07 Å². The number of H-pyrrole nitrogens is 1. The molecule has 1 aromatic heterocycles. The van der Waals surface area contributed by atoms with Crippen molar-refractivity contribution >= 4 is 11.1 Å². The normalized spacial score (nSPS) is 18.7. The summed E-state index contributed by atoms with van der Waals surface area (Å²) in [6, 6.07) is 8.02. The smallest absolute Gasteiger partial charge is 0.408 e. The van der Waals surface area contributed by atoms with Crippen LogP contribution in [-0.4, -0.2) is 12.0 Å². The number of hydrogen-bond donors (Lipinski definition) is 2. The number of hydrogen-bond acceptors (Lipinski definition) is 4. The van der Waals surface area contributed by atoms with Crippen molar-refractivity contribution in [3.63, 3.8) is 0 Å². The number of nitriles is 1. The lowest BCUT2D eigenvalue weighted by Crippen LogP contribution is -2.40. The Kier molecular flexibility index (Phi) is 2.68. The molecule has 0 spiro atoms. The molecule has 1 aliphatic carbocycles. The van der Waals surface area contributed by atoms with Gasteiger partial charge in [-0.1, -0.05) is 12.5 Å². The summed E-state index contributed by atoms with van der Waals surface area (Å²) in [6.07, 6.45) is 2.92. The number of nitrogens with zero attached hydrogens (tertiary/aromatic N) is 1. The van der Waals surface area contributed by atoms with Gasteiger partial charge >= 0.3 is 5.76 Å². The predicted molar refractivity (Wildman–Crippen MR) is 70.5 cm³/mol. The largest absolute Gasteiger partial charge is 0.417 e. The van der Waals surface area contributed by atoms with E-state index >= 15 is 0 Å². The van der Waals surface area contributed by atoms with Crippen LogP contribution in [0.15, 0.2) is 27.4 Å². The summed E-state index contributed by atoms with van der Waals surface area (Å²) in [7, 11) is 1.87. The molecule has 1 unspecified atom stereocenters. The fourth-order valence-electron chi connectivity index (χ4n) is 2.93. The molecule has 98 valence electrons. The van der Waals surface area contributed by atoms with E-state index in [0.29, 0.717) is 11.1 Å². The molecule has 1 atom stereocenters. The first-order valence-corrected chi connectivity index (χ1v) is 6.40. The lowest BCUT2D eigenvalue weighted by molar-refractivity contribution is 0.149. The molecule has 5 nitrogen and oxygen atoms in total. The van der Waals surface area contributed by atoms with E-state index < -0.39 is 5.76 Å². The zero-order chi connectivity index (χ0) is 13.5. The highest BCUT2D eigenvalue weighted by atomic mass is 16.4. The number of benzene rings is 1. The summed E-state index contributed by atoms with van der Waals surface area (Å²) >= 11 is 0. The SMILES string of the molecule is CNC(c1ccc2oc(=O)[nH]c2c1)C1(C#N)CCC1. The van der Waals surface area contributed by atoms with Crippen LogP contribution in [0.1, 0.15) is 30.9 Å². The highest BCUT2D eigenvalue weighted by Gasteiger charge is 2.44. The number of aromatic nitrogens is 1. The van der Waals surface area contributed by atoms with Crippen LogP contribution in [0.25, 0.3) is 11.1 Å². The van der Waals surface area contributed by atoms with Gasteiger partial charge in [0, 0.05) is 0 Å². The van der Waals surface area contributed by atoms with Crippen molar-refractivity contribution in [3.05, 3.63) is 34.3 Å². The van der Waals surface area contributed by atoms with Gasteiger partial charge in [0.25, 0.3) is 0 Å². The molecular weight excluding hydrogens is 242 g/mol. The van der Waals surface area contributed by atoms with Gasteiger partial charge in [0.15, 0.2) is 5.58 Å². The van der Waals surface area contributed by atoms with Crippen molar-refractivity contribution in [2.75, 3.05) is 7.05 Å². The fourth-order valence-corrected chi connectivity index (χ4v) is 2.93. The van der Waals surface area contributed by atoms with E-state index in [0.717, 1.165) is 24.8 Å². The molecule has 0 saturated heterocycles. The van der Waals surface area contributed by atoms with Crippen LogP contribution >= 0.6 is 0 Å². The van der Waals surface area contributed by atoms with E-state index in [1.807, 2.05) is 19.2 Å². The molecule has 3 rings (SSSR count). The number of aromatic amines is 1. The minimum atomic E-state index is -0.452. The third kappa shape index (κ3) is 1.76. The topological polar surface area (TPSA) is 81.8 Å². The predicted octanol–water partition coefficient (Wildman–Crippen LogP) is 2.08. The summed E-state index contributed by atoms with van der Waals surface area (Å²) in [5, 5.41) is 12.7. The van der Waals surface area contributed by atoms with Gasteiger partial charge in [0.2, 0.25) is 0 Å². The van der Waals surface area contributed by atoms with Gasteiger partial charge in [-0.05, 0) is 37.6 Å². The van der Waals surface area contributed by atoms with Gasteiger partial charge in [-0.2, -0.15) is 5.26 Å². The van der Waals surface area contributed by atoms with Crippen LogP contribution in [0.5, 0.6) is 0 Å². The molecule has 0 bridgehead atoms. The molecule has 5 heteroatoms. The zero-order valence-electron chi connectivity index (χ0n) is 10.7. The van der Waals surface area contributed by atoms with Crippen LogP contribution in [0.4, 0.5) is 0 Å². The molecule has 0 amide bonds. The van der Waals surface area contributed by atoms with Crippen LogP contribution in [-0.2, 0) is 0 Å². The van der Waals surface area contributed by atoms with Gasteiger partial charge in [-0.25, -0.2) is 4.79 Å². The van der Waals surface area contributed by atoms with Crippen molar-refractivity contribution < 1.29 is 4.42 Å². The Bertz CT molecular complexity index is 703. The number of rotatable bonds is 3. The minimum absolute atomic E-state index is 0.0194. The lowest BCUT2D eigenvalue weighted by Gasteiger charge is -2.42. The zero-order valence-corrected chi connectivity index (χ0v) is 10.7. The van der Waals surface area contributed by atoms with E-state index in [1.54, 1.807) is 6.07 Å². The van der Waals surface area contributed by atoms with Gasteiger partial charge < -0.3 is 9.73 Å². The van der Waals surface area contributed by atoms with E-state index in [-0.39, 0.29) is 11.5 Å². The highest BCUT2D eigenvalue weighted by Crippen LogP contribution is 2.49. The molecule has 19 heavy (non-hydrogen) atoms. The Hall–Kier alpha value is -2.06. The third-order valence-corrected chi connectivity index (χ3v) is 4.09. The second-order valence-corrected chi connectivity index (χ2v) is 5.11. The Labute approximate surface area is 110 Å². The molecule has 0 radical (unpaired) electrons. The van der Waals surface area contributed by atoms with Crippen molar-refractivity contribution in [1.29, 1.82) is 5.26 Å². The standard InChI is InChI=1S/C14H15N3O2/c1-16-12(14(8-15)5-2-6-14)9-3-4-11-10(7-9)17-13(18)19-11/h3-4,7,12,16H,2,5-6H2,1H3,(H,17,18). The van der Waals surface area contributed by atoms with E-state index in [9.17, 15) is 10.1 Å². The van der Waals surface area contributed by atoms with Gasteiger partial charge in [-0.15, -0.1) is 0 Å². The summed E-state index contributed by atoms with van der Waals surface area (Å²) < 4.78 is 4.99. The monoisotopic (exact) mass is 257 g/mol. The Morgan fingerprint density at radius 2 is 2.32 bits per heavy atom. The summed E-state index contributed by atoms with van der Waals surface area (Å²) in [5.74, 6) is -0.452. The highest BCUT2D eigenvalue weighted by molar-refractivity contribution is 5.73. The quantitative estimate of drug-likeness (QED) is 0.882. The average molecular weight is 257 g/mol. The van der Waals surface area contributed by atoms with Gasteiger partial charge in [0.05, 0.1) is 23.0 Å². The Morgan fingerprint density at radius 3 is 2.89 bits per heavy atom. The molecule has 2 N–H and O–H groups in total. The first-order chi connectivity index (χ1) is 9.18.